The Kier molecular flexibility index (Phi) is 6.99. The van der Waals surface area contributed by atoms with Crippen molar-refractivity contribution in [3.05, 3.63) is 64.8 Å². The Morgan fingerprint density at radius 3 is 2.74 bits per heavy atom. The molecule has 7 nitrogen and oxygen atoms in total. The first-order valence-electron chi connectivity index (χ1n) is 10.6. The molecule has 0 spiro atoms. The van der Waals surface area contributed by atoms with Crippen LogP contribution in [0.3, 0.4) is 0 Å². The summed E-state index contributed by atoms with van der Waals surface area (Å²) in [4.78, 5) is 9.29. The van der Waals surface area contributed by atoms with Gasteiger partial charge in [-0.05, 0) is 31.2 Å². The van der Waals surface area contributed by atoms with Gasteiger partial charge in [-0.2, -0.15) is 0 Å². The Morgan fingerprint density at radius 1 is 1.13 bits per heavy atom. The minimum Gasteiger partial charge on any atom is -0.357 e. The molecule has 1 N–H and O–H groups in total. The van der Waals surface area contributed by atoms with E-state index in [4.69, 9.17) is 16.6 Å². The van der Waals surface area contributed by atoms with Crippen molar-refractivity contribution in [1.82, 2.24) is 29.7 Å². The molecule has 0 aliphatic carbocycles. The summed E-state index contributed by atoms with van der Waals surface area (Å²) in [7, 11) is 0. The van der Waals surface area contributed by atoms with Gasteiger partial charge in [-0.25, -0.2) is 4.39 Å². The van der Waals surface area contributed by atoms with E-state index in [1.807, 2.05) is 28.8 Å². The van der Waals surface area contributed by atoms with E-state index in [1.165, 1.54) is 6.07 Å². The number of hydrogen-bond donors (Lipinski definition) is 1. The average molecular weight is 444 g/mol. The highest BCUT2D eigenvalue weighted by molar-refractivity contribution is 6.31. The van der Waals surface area contributed by atoms with Crippen molar-refractivity contribution in [2.24, 2.45) is 4.99 Å². The molecule has 1 aliphatic rings. The number of piperazine rings is 1. The first-order chi connectivity index (χ1) is 15.2. The van der Waals surface area contributed by atoms with E-state index in [0.29, 0.717) is 30.1 Å². The number of hydrogen-bond acceptors (Lipinski definition) is 4. The molecule has 2 aromatic heterocycles. The zero-order chi connectivity index (χ0) is 21.6. The van der Waals surface area contributed by atoms with E-state index in [1.54, 1.807) is 12.1 Å². The van der Waals surface area contributed by atoms with Gasteiger partial charge in [-0.1, -0.05) is 23.7 Å². The van der Waals surface area contributed by atoms with Crippen LogP contribution in [0.5, 0.6) is 0 Å². The fourth-order valence-electron chi connectivity index (χ4n) is 3.77. The molecule has 0 bridgehead atoms. The Hall–Kier alpha value is -2.71. The van der Waals surface area contributed by atoms with Crippen molar-refractivity contribution in [3.8, 4) is 0 Å². The van der Waals surface area contributed by atoms with Crippen LogP contribution in [-0.4, -0.2) is 69.6 Å². The monoisotopic (exact) mass is 443 g/mol. The van der Waals surface area contributed by atoms with Crippen molar-refractivity contribution in [2.45, 2.75) is 19.9 Å². The quantitative estimate of drug-likeness (QED) is 0.469. The van der Waals surface area contributed by atoms with Crippen molar-refractivity contribution >= 4 is 23.2 Å². The summed E-state index contributed by atoms with van der Waals surface area (Å²) in [5.74, 6) is 1.56. The van der Waals surface area contributed by atoms with Gasteiger partial charge in [-0.3, -0.25) is 14.3 Å². The van der Waals surface area contributed by atoms with Crippen LogP contribution in [0.2, 0.25) is 5.02 Å². The first-order valence-corrected chi connectivity index (χ1v) is 11.0. The molecular formula is C22H27ClFN7. The standard InChI is InChI=1S/C22H27ClFN7/c1-2-25-22(26-10-9-21-28-27-20-8-3-4-11-31(20)21)30-14-12-29(13-15-30)16-17-18(23)6-5-7-19(17)24/h3-8,11H,2,9-10,12-16H2,1H3,(H,25,26). The second-order valence-electron chi connectivity index (χ2n) is 7.49. The number of fused-ring (bicyclic) bond motifs is 1. The Morgan fingerprint density at radius 2 is 1.97 bits per heavy atom. The summed E-state index contributed by atoms with van der Waals surface area (Å²) in [5, 5.41) is 12.3. The normalized spacial score (nSPS) is 15.6. The lowest BCUT2D eigenvalue weighted by Crippen LogP contribution is -2.52. The van der Waals surface area contributed by atoms with E-state index >= 15 is 0 Å². The van der Waals surface area contributed by atoms with Gasteiger partial charge in [0.25, 0.3) is 0 Å². The van der Waals surface area contributed by atoms with E-state index in [9.17, 15) is 4.39 Å². The number of nitrogens with one attached hydrogen (secondary N) is 1. The molecule has 164 valence electrons. The third-order valence-electron chi connectivity index (χ3n) is 5.43. The summed E-state index contributed by atoms with van der Waals surface area (Å²) >= 11 is 6.19. The Labute approximate surface area is 186 Å². The third-order valence-corrected chi connectivity index (χ3v) is 5.79. The van der Waals surface area contributed by atoms with Crippen LogP contribution < -0.4 is 5.32 Å². The van der Waals surface area contributed by atoms with Crippen molar-refractivity contribution in [3.63, 3.8) is 0 Å². The summed E-state index contributed by atoms with van der Waals surface area (Å²) in [6.07, 6.45) is 2.69. The molecule has 9 heteroatoms. The maximum Gasteiger partial charge on any atom is 0.194 e. The Balaban J connectivity index is 1.34. The lowest BCUT2D eigenvalue weighted by atomic mass is 10.2. The van der Waals surface area contributed by atoms with Crippen LogP contribution >= 0.6 is 11.6 Å². The number of halogens is 2. The first kappa shape index (κ1) is 21.5. The van der Waals surface area contributed by atoms with Crippen LogP contribution in [0.4, 0.5) is 4.39 Å². The molecule has 31 heavy (non-hydrogen) atoms. The zero-order valence-electron chi connectivity index (χ0n) is 17.6. The number of benzene rings is 1. The second kappa shape index (κ2) is 10.1. The summed E-state index contributed by atoms with van der Waals surface area (Å²) < 4.78 is 16.1. The van der Waals surface area contributed by atoms with E-state index in [2.05, 4.69) is 32.2 Å². The van der Waals surface area contributed by atoms with Gasteiger partial charge in [0.1, 0.15) is 11.6 Å². The van der Waals surface area contributed by atoms with Crippen LogP contribution in [0.1, 0.15) is 18.3 Å². The molecule has 0 saturated carbocycles. The molecule has 1 aromatic carbocycles. The number of nitrogens with zero attached hydrogens (tertiary/aromatic N) is 6. The predicted octanol–water partition coefficient (Wildman–Crippen LogP) is 2.85. The van der Waals surface area contributed by atoms with Crippen molar-refractivity contribution in [2.75, 3.05) is 39.3 Å². The molecule has 3 aromatic rings. The van der Waals surface area contributed by atoms with E-state index < -0.39 is 0 Å². The molecule has 0 unspecified atom stereocenters. The number of aromatic nitrogens is 3. The lowest BCUT2D eigenvalue weighted by molar-refractivity contribution is 0.171. The molecular weight excluding hydrogens is 417 g/mol. The number of rotatable bonds is 6. The highest BCUT2D eigenvalue weighted by atomic mass is 35.5. The molecule has 3 heterocycles. The molecule has 0 radical (unpaired) electrons. The zero-order valence-corrected chi connectivity index (χ0v) is 18.4. The average Bonchev–Trinajstić information content (AvgIpc) is 3.19. The van der Waals surface area contributed by atoms with Crippen LogP contribution in [0.25, 0.3) is 5.65 Å². The van der Waals surface area contributed by atoms with Gasteiger partial charge < -0.3 is 10.2 Å². The van der Waals surface area contributed by atoms with E-state index in [0.717, 1.165) is 50.2 Å². The minimum absolute atomic E-state index is 0.245. The van der Waals surface area contributed by atoms with E-state index in [-0.39, 0.29) is 5.82 Å². The van der Waals surface area contributed by atoms with Gasteiger partial charge in [-0.15, -0.1) is 10.2 Å². The van der Waals surface area contributed by atoms with Gasteiger partial charge >= 0.3 is 0 Å². The SMILES string of the molecule is CCNC(=NCCc1nnc2ccccn12)N1CCN(Cc2c(F)cccc2Cl)CC1. The van der Waals surface area contributed by atoms with Gasteiger partial charge in [0.05, 0.1) is 0 Å². The van der Waals surface area contributed by atoms with Crippen LogP contribution in [-0.2, 0) is 13.0 Å². The lowest BCUT2D eigenvalue weighted by Gasteiger charge is -2.36. The highest BCUT2D eigenvalue weighted by Gasteiger charge is 2.21. The van der Waals surface area contributed by atoms with Gasteiger partial charge in [0.2, 0.25) is 0 Å². The second-order valence-corrected chi connectivity index (χ2v) is 7.90. The predicted molar refractivity (Wildman–Crippen MR) is 121 cm³/mol. The van der Waals surface area contributed by atoms with Gasteiger partial charge in [0.15, 0.2) is 11.6 Å². The topological polar surface area (TPSA) is 61.1 Å². The maximum absolute atomic E-state index is 14.1. The number of guanidine groups is 1. The molecule has 0 atom stereocenters. The summed E-state index contributed by atoms with van der Waals surface area (Å²) in [5.41, 5.74) is 1.41. The highest BCUT2D eigenvalue weighted by Crippen LogP contribution is 2.21. The molecule has 0 amide bonds. The van der Waals surface area contributed by atoms with Crippen LogP contribution in [0, 0.1) is 5.82 Å². The smallest absolute Gasteiger partial charge is 0.194 e. The summed E-state index contributed by atoms with van der Waals surface area (Å²) in [6.45, 7) is 7.32. The molecule has 4 rings (SSSR count). The number of aliphatic imine (C=N–C) groups is 1. The Bertz CT molecular complexity index is 1020. The molecule has 1 saturated heterocycles. The third kappa shape index (κ3) is 5.14. The van der Waals surface area contributed by atoms with Gasteiger partial charge in [0, 0.05) is 69.0 Å². The molecule has 1 aliphatic heterocycles. The van der Waals surface area contributed by atoms with Crippen LogP contribution in [0.15, 0.2) is 47.6 Å². The van der Waals surface area contributed by atoms with Crippen molar-refractivity contribution in [1.29, 1.82) is 0 Å². The fraction of sp³-hybridized carbons (Fsp3) is 0.409. The molecule has 1 fully saturated rings. The number of pyridine rings is 1. The largest absolute Gasteiger partial charge is 0.357 e. The fourth-order valence-corrected chi connectivity index (χ4v) is 4.00. The maximum atomic E-state index is 14.1. The summed E-state index contributed by atoms with van der Waals surface area (Å²) in [6, 6.07) is 10.7. The van der Waals surface area contributed by atoms with Crippen molar-refractivity contribution < 1.29 is 4.39 Å². The minimum atomic E-state index is -0.245.